The average molecular weight is 397 g/mol. The number of benzene rings is 1. The number of rotatable bonds is 7. The van der Waals surface area contributed by atoms with Crippen molar-refractivity contribution in [2.75, 3.05) is 11.6 Å². The van der Waals surface area contributed by atoms with Crippen LogP contribution in [0.5, 0.6) is 0 Å². The minimum atomic E-state index is -0.389. The lowest BCUT2D eigenvalue weighted by molar-refractivity contribution is 0.102. The van der Waals surface area contributed by atoms with Gasteiger partial charge in [0.15, 0.2) is 0 Å². The number of aromatic nitrogens is 4. The Hall–Kier alpha value is -1.98. The molecule has 2 heterocycles. The molecule has 3 rings (SSSR count). The summed E-state index contributed by atoms with van der Waals surface area (Å²) in [6.45, 7) is 0. The summed E-state index contributed by atoms with van der Waals surface area (Å²) in [5.74, 6) is 0.963. The van der Waals surface area contributed by atoms with Crippen LogP contribution in [0.3, 0.4) is 0 Å². The van der Waals surface area contributed by atoms with Crippen LogP contribution in [0, 0.1) is 5.82 Å². The van der Waals surface area contributed by atoms with E-state index in [4.69, 9.17) is 4.42 Å². The van der Waals surface area contributed by atoms with E-state index < -0.39 is 0 Å². The van der Waals surface area contributed by atoms with Crippen LogP contribution in [0.2, 0.25) is 0 Å². The highest BCUT2D eigenvalue weighted by Crippen LogP contribution is 2.24. The maximum absolute atomic E-state index is 12.9. The lowest BCUT2D eigenvalue weighted by Crippen LogP contribution is -2.11. The summed E-state index contributed by atoms with van der Waals surface area (Å²) in [7, 11) is 0. The van der Waals surface area contributed by atoms with Gasteiger partial charge in [-0.1, -0.05) is 23.1 Å². The van der Waals surface area contributed by atoms with Gasteiger partial charge < -0.3 is 9.73 Å². The van der Waals surface area contributed by atoms with E-state index in [2.05, 4.69) is 25.7 Å². The first-order valence-corrected chi connectivity index (χ1v) is 10.2. The van der Waals surface area contributed by atoms with Gasteiger partial charge in [-0.05, 0) is 30.5 Å². The predicted molar refractivity (Wildman–Crippen MR) is 95.3 cm³/mol. The Morgan fingerprint density at radius 3 is 2.76 bits per heavy atom. The Morgan fingerprint density at radius 2 is 2.00 bits per heavy atom. The van der Waals surface area contributed by atoms with Crippen molar-refractivity contribution >= 4 is 46.5 Å². The van der Waals surface area contributed by atoms with Crippen molar-refractivity contribution in [3.05, 3.63) is 46.0 Å². The molecule has 0 saturated heterocycles. The molecule has 0 spiro atoms. The molecule has 0 bridgehead atoms. The third-order valence-electron chi connectivity index (χ3n) is 2.80. The van der Waals surface area contributed by atoms with Gasteiger partial charge in [-0.2, -0.15) is 11.8 Å². The third-order valence-corrected chi connectivity index (χ3v) is 5.27. The van der Waals surface area contributed by atoms with Gasteiger partial charge in [0.05, 0.1) is 11.5 Å². The molecule has 0 aliphatic heterocycles. The summed E-state index contributed by atoms with van der Waals surface area (Å²) >= 11 is 4.11. The van der Waals surface area contributed by atoms with Crippen LogP contribution in [0.4, 0.5) is 10.1 Å². The van der Waals surface area contributed by atoms with E-state index in [1.807, 2.05) is 6.26 Å². The van der Waals surface area contributed by atoms with E-state index in [0.29, 0.717) is 33.3 Å². The molecule has 11 heteroatoms. The highest BCUT2D eigenvalue weighted by molar-refractivity contribution is 7.98. The summed E-state index contributed by atoms with van der Waals surface area (Å²) in [6.07, 6.45) is 1.96. The fraction of sp³-hybridized carbons (Fsp3) is 0.214. The molecule has 0 atom stereocenters. The molecule has 25 heavy (non-hydrogen) atoms. The molecule has 0 fully saturated rings. The van der Waals surface area contributed by atoms with Crippen LogP contribution in [0.25, 0.3) is 0 Å². The van der Waals surface area contributed by atoms with Gasteiger partial charge in [-0.3, -0.25) is 4.79 Å². The summed E-state index contributed by atoms with van der Waals surface area (Å²) in [6, 6.07) is 5.50. The van der Waals surface area contributed by atoms with Crippen LogP contribution >= 0.6 is 34.9 Å². The Labute approximate surface area is 154 Å². The number of amides is 1. The first-order chi connectivity index (χ1) is 12.1. The summed E-state index contributed by atoms with van der Waals surface area (Å²) in [5.41, 5.74) is 0.490. The number of carbonyl (C=O) groups is 1. The van der Waals surface area contributed by atoms with Crippen molar-refractivity contribution in [1.82, 2.24) is 20.4 Å². The van der Waals surface area contributed by atoms with Gasteiger partial charge in [-0.15, -0.1) is 20.4 Å². The van der Waals surface area contributed by atoms with E-state index in [0.717, 1.165) is 0 Å². The quantitative estimate of drug-likeness (QED) is 0.606. The fourth-order valence-electron chi connectivity index (χ4n) is 1.72. The topological polar surface area (TPSA) is 93.8 Å². The second-order valence-corrected chi connectivity index (χ2v) is 7.50. The molecule has 1 aromatic carbocycles. The van der Waals surface area contributed by atoms with Gasteiger partial charge in [-0.25, -0.2) is 4.39 Å². The molecule has 3 aromatic rings. The maximum atomic E-state index is 12.9. The zero-order valence-corrected chi connectivity index (χ0v) is 15.4. The van der Waals surface area contributed by atoms with Gasteiger partial charge in [0, 0.05) is 5.69 Å². The molecule has 1 amide bonds. The molecule has 7 nitrogen and oxygen atoms in total. The van der Waals surface area contributed by atoms with Gasteiger partial charge in [0.1, 0.15) is 10.8 Å². The van der Waals surface area contributed by atoms with E-state index in [9.17, 15) is 9.18 Å². The second kappa shape index (κ2) is 8.41. The van der Waals surface area contributed by atoms with Crippen molar-refractivity contribution in [1.29, 1.82) is 0 Å². The van der Waals surface area contributed by atoms with Crippen molar-refractivity contribution in [3.63, 3.8) is 0 Å². The molecule has 0 saturated carbocycles. The van der Waals surface area contributed by atoms with Crippen molar-refractivity contribution in [2.45, 2.75) is 16.7 Å². The predicted octanol–water partition coefficient (Wildman–Crippen LogP) is 3.47. The number of nitrogens with one attached hydrogen (secondary N) is 1. The number of hydrogen-bond donors (Lipinski definition) is 1. The molecular formula is C14H12FN5O2S3. The van der Waals surface area contributed by atoms with Crippen LogP contribution in [0.15, 0.2) is 33.9 Å². The standard InChI is InChI=1S/C14H12FN5O2S3/c1-23-6-10-17-20-14(22-10)24-7-11-18-19-13(25-11)12(21)16-9-4-2-8(15)3-5-9/h2-5H,6-7H2,1H3,(H,16,21). The van der Waals surface area contributed by atoms with E-state index in [-0.39, 0.29) is 16.7 Å². The summed E-state index contributed by atoms with van der Waals surface area (Å²) in [4.78, 5) is 12.1. The fourth-order valence-corrected chi connectivity index (χ4v) is 3.59. The van der Waals surface area contributed by atoms with Crippen LogP contribution in [0.1, 0.15) is 20.7 Å². The molecule has 0 unspecified atom stereocenters. The molecule has 0 aliphatic rings. The number of nitrogens with zero attached hydrogens (tertiary/aromatic N) is 4. The van der Waals surface area contributed by atoms with Crippen LogP contribution < -0.4 is 5.32 Å². The zero-order valence-electron chi connectivity index (χ0n) is 12.9. The minimum absolute atomic E-state index is 0.230. The summed E-state index contributed by atoms with van der Waals surface area (Å²) in [5, 5.41) is 19.7. The molecule has 0 aliphatic carbocycles. The lowest BCUT2D eigenvalue weighted by atomic mass is 10.3. The van der Waals surface area contributed by atoms with Gasteiger partial charge >= 0.3 is 0 Å². The van der Waals surface area contributed by atoms with Gasteiger partial charge in [0.2, 0.25) is 10.9 Å². The monoisotopic (exact) mass is 397 g/mol. The zero-order chi connectivity index (χ0) is 17.6. The molecule has 1 N–H and O–H groups in total. The van der Waals surface area contributed by atoms with Crippen molar-refractivity contribution < 1.29 is 13.6 Å². The molecule has 130 valence electrons. The number of carbonyl (C=O) groups excluding carboxylic acids is 1. The SMILES string of the molecule is CSCc1nnc(SCc2nnc(C(=O)Nc3ccc(F)cc3)s2)o1. The number of halogens is 1. The lowest BCUT2D eigenvalue weighted by Gasteiger charge is -2.01. The minimum Gasteiger partial charge on any atom is -0.415 e. The van der Waals surface area contributed by atoms with E-state index in [1.165, 1.54) is 47.4 Å². The van der Waals surface area contributed by atoms with Crippen LogP contribution in [-0.4, -0.2) is 32.6 Å². The van der Waals surface area contributed by atoms with Crippen molar-refractivity contribution in [2.24, 2.45) is 0 Å². The Balaban J connectivity index is 1.55. The Bertz CT molecular complexity index is 852. The van der Waals surface area contributed by atoms with Gasteiger partial charge in [0.25, 0.3) is 11.1 Å². The third kappa shape index (κ3) is 5.00. The second-order valence-electron chi connectivity index (χ2n) is 4.65. The molecular weight excluding hydrogens is 385 g/mol. The molecule has 0 radical (unpaired) electrons. The number of thioether (sulfide) groups is 2. The van der Waals surface area contributed by atoms with Crippen LogP contribution in [-0.2, 0) is 11.5 Å². The maximum Gasteiger partial charge on any atom is 0.286 e. The smallest absolute Gasteiger partial charge is 0.286 e. The van der Waals surface area contributed by atoms with Crippen molar-refractivity contribution in [3.8, 4) is 0 Å². The number of anilines is 1. The molecule has 2 aromatic heterocycles. The Kier molecular flexibility index (Phi) is 6.00. The number of hydrogen-bond acceptors (Lipinski definition) is 9. The van der Waals surface area contributed by atoms with E-state index >= 15 is 0 Å². The largest absolute Gasteiger partial charge is 0.415 e. The Morgan fingerprint density at radius 1 is 1.20 bits per heavy atom. The average Bonchev–Trinajstić information content (AvgIpc) is 3.25. The highest BCUT2D eigenvalue weighted by Gasteiger charge is 2.14. The first kappa shape index (κ1) is 17.8. The summed E-state index contributed by atoms with van der Waals surface area (Å²) < 4.78 is 18.3. The highest BCUT2D eigenvalue weighted by atomic mass is 32.2. The normalized spacial score (nSPS) is 10.8. The first-order valence-electron chi connectivity index (χ1n) is 6.97. The van der Waals surface area contributed by atoms with E-state index in [1.54, 1.807) is 11.8 Å².